The lowest BCUT2D eigenvalue weighted by Gasteiger charge is -2.32. The lowest BCUT2D eigenvalue weighted by molar-refractivity contribution is 0.0395. The van der Waals surface area contributed by atoms with Crippen molar-refractivity contribution in [2.75, 3.05) is 26.7 Å². The van der Waals surface area contributed by atoms with Crippen LogP contribution in [-0.2, 0) is 4.74 Å². The van der Waals surface area contributed by atoms with Crippen molar-refractivity contribution in [1.29, 1.82) is 0 Å². The molecule has 1 aliphatic heterocycles. The van der Waals surface area contributed by atoms with Crippen LogP contribution in [0.25, 0.3) is 10.8 Å². The van der Waals surface area contributed by atoms with Gasteiger partial charge in [-0.25, -0.2) is 0 Å². The number of fused-ring (bicyclic) bond motifs is 1. The second-order valence-electron chi connectivity index (χ2n) is 5.95. The van der Waals surface area contributed by atoms with E-state index in [0.717, 1.165) is 32.5 Å². The Bertz CT molecular complexity index is 591. The van der Waals surface area contributed by atoms with E-state index in [9.17, 15) is 0 Å². The van der Waals surface area contributed by atoms with Gasteiger partial charge in [-0.05, 0) is 35.2 Å². The Hall–Kier alpha value is -1.42. The summed E-state index contributed by atoms with van der Waals surface area (Å²) in [4.78, 5) is 2.45. The summed E-state index contributed by atoms with van der Waals surface area (Å²) in [6, 6.07) is 15.1. The van der Waals surface area contributed by atoms with Crippen LogP contribution in [0.2, 0.25) is 0 Å². The summed E-state index contributed by atoms with van der Waals surface area (Å²) in [6.45, 7) is 3.09. The third kappa shape index (κ3) is 3.43. The highest BCUT2D eigenvalue weighted by atomic mass is 16.5. The van der Waals surface area contributed by atoms with Gasteiger partial charge >= 0.3 is 0 Å². The van der Waals surface area contributed by atoms with Crippen molar-refractivity contribution in [1.82, 2.24) is 4.90 Å². The highest BCUT2D eigenvalue weighted by Crippen LogP contribution is 2.21. The van der Waals surface area contributed by atoms with E-state index >= 15 is 0 Å². The molecular weight excluding hydrogens is 260 g/mol. The van der Waals surface area contributed by atoms with Crippen molar-refractivity contribution >= 4 is 10.8 Å². The minimum Gasteiger partial charge on any atom is -0.381 e. The van der Waals surface area contributed by atoms with Gasteiger partial charge in [0.25, 0.3) is 0 Å². The van der Waals surface area contributed by atoms with Crippen molar-refractivity contribution in [3.8, 4) is 0 Å². The minimum absolute atomic E-state index is 0.0775. The molecular formula is C18H24N2O. The van der Waals surface area contributed by atoms with E-state index < -0.39 is 0 Å². The molecule has 1 heterocycles. The van der Waals surface area contributed by atoms with Gasteiger partial charge in [0, 0.05) is 32.8 Å². The fourth-order valence-corrected chi connectivity index (χ4v) is 3.15. The van der Waals surface area contributed by atoms with E-state index in [1.807, 2.05) is 0 Å². The number of hydrogen-bond acceptors (Lipinski definition) is 3. The Kier molecular flexibility index (Phi) is 4.54. The number of rotatable bonds is 4. The average Bonchev–Trinajstić information content (AvgIpc) is 2.55. The highest BCUT2D eigenvalue weighted by Gasteiger charge is 2.20. The zero-order valence-electron chi connectivity index (χ0n) is 12.7. The fraction of sp³-hybridized carbons (Fsp3) is 0.444. The second-order valence-corrected chi connectivity index (χ2v) is 5.95. The van der Waals surface area contributed by atoms with Crippen LogP contribution in [0, 0.1) is 0 Å². The molecule has 3 nitrogen and oxygen atoms in total. The molecule has 1 fully saturated rings. The molecule has 3 rings (SSSR count). The zero-order valence-corrected chi connectivity index (χ0v) is 12.7. The Morgan fingerprint density at radius 2 is 1.86 bits per heavy atom. The molecule has 1 aliphatic rings. The molecule has 3 heteroatoms. The van der Waals surface area contributed by atoms with Gasteiger partial charge in [-0.1, -0.05) is 36.4 Å². The summed E-state index contributed by atoms with van der Waals surface area (Å²) in [7, 11) is 1.81. The summed E-state index contributed by atoms with van der Waals surface area (Å²) < 4.78 is 5.42. The van der Waals surface area contributed by atoms with Crippen molar-refractivity contribution in [2.45, 2.75) is 25.0 Å². The Labute approximate surface area is 126 Å². The number of methoxy groups -OCH3 is 1. The zero-order chi connectivity index (χ0) is 14.7. The quantitative estimate of drug-likeness (QED) is 0.938. The number of nitrogens with zero attached hydrogens (tertiary/aromatic N) is 1. The summed E-state index contributed by atoms with van der Waals surface area (Å²) in [5.74, 6) is 0. The standard InChI is InChI=1S/C18H24N2O/c1-21-17-8-10-20(11-9-17)13-18(19)16-7-6-14-4-2-3-5-15(14)12-16/h2-7,12,17-18H,8-11,13,19H2,1H3. The molecule has 2 N–H and O–H groups in total. The number of nitrogens with two attached hydrogens (primary N) is 1. The molecule has 21 heavy (non-hydrogen) atoms. The van der Waals surface area contributed by atoms with E-state index in [4.69, 9.17) is 10.5 Å². The molecule has 1 atom stereocenters. The lowest BCUT2D eigenvalue weighted by atomic mass is 10.0. The van der Waals surface area contributed by atoms with Crippen LogP contribution in [0.3, 0.4) is 0 Å². The molecule has 0 amide bonds. The van der Waals surface area contributed by atoms with Crippen molar-refractivity contribution in [2.24, 2.45) is 5.73 Å². The van der Waals surface area contributed by atoms with Gasteiger partial charge in [0.1, 0.15) is 0 Å². The van der Waals surface area contributed by atoms with Crippen LogP contribution in [0.4, 0.5) is 0 Å². The van der Waals surface area contributed by atoms with E-state index in [0.29, 0.717) is 6.10 Å². The molecule has 0 radical (unpaired) electrons. The topological polar surface area (TPSA) is 38.5 Å². The summed E-state index contributed by atoms with van der Waals surface area (Å²) in [5, 5.41) is 2.54. The first-order chi connectivity index (χ1) is 10.3. The number of hydrogen-bond donors (Lipinski definition) is 1. The molecule has 112 valence electrons. The Morgan fingerprint density at radius 3 is 2.57 bits per heavy atom. The molecule has 2 aromatic carbocycles. The molecule has 2 aromatic rings. The lowest BCUT2D eigenvalue weighted by Crippen LogP contribution is -2.40. The van der Waals surface area contributed by atoms with Crippen molar-refractivity contribution in [3.63, 3.8) is 0 Å². The first-order valence-corrected chi connectivity index (χ1v) is 7.75. The molecule has 0 spiro atoms. The molecule has 0 saturated carbocycles. The van der Waals surface area contributed by atoms with Crippen molar-refractivity contribution in [3.05, 3.63) is 48.0 Å². The van der Waals surface area contributed by atoms with Crippen LogP contribution in [0.5, 0.6) is 0 Å². The van der Waals surface area contributed by atoms with Crippen LogP contribution < -0.4 is 5.73 Å². The summed E-state index contributed by atoms with van der Waals surface area (Å²) in [6.07, 6.45) is 2.65. The molecule has 1 unspecified atom stereocenters. The maximum atomic E-state index is 6.41. The number of ether oxygens (including phenoxy) is 1. The van der Waals surface area contributed by atoms with Crippen LogP contribution >= 0.6 is 0 Å². The van der Waals surface area contributed by atoms with Crippen LogP contribution in [0.1, 0.15) is 24.4 Å². The first kappa shape index (κ1) is 14.5. The Morgan fingerprint density at radius 1 is 1.14 bits per heavy atom. The summed E-state index contributed by atoms with van der Waals surface area (Å²) >= 11 is 0. The molecule has 0 aromatic heterocycles. The predicted octanol–water partition coefficient (Wildman–Crippen LogP) is 2.95. The van der Waals surface area contributed by atoms with Gasteiger partial charge in [0.05, 0.1) is 6.10 Å². The van der Waals surface area contributed by atoms with Gasteiger partial charge < -0.3 is 15.4 Å². The highest BCUT2D eigenvalue weighted by molar-refractivity contribution is 5.83. The van der Waals surface area contributed by atoms with Gasteiger partial charge in [-0.2, -0.15) is 0 Å². The predicted molar refractivity (Wildman–Crippen MR) is 87.3 cm³/mol. The second kappa shape index (κ2) is 6.56. The normalized spacial score (nSPS) is 19.0. The third-order valence-corrected chi connectivity index (χ3v) is 4.52. The van der Waals surface area contributed by atoms with Gasteiger partial charge in [0.2, 0.25) is 0 Å². The maximum Gasteiger partial charge on any atom is 0.0595 e. The Balaban J connectivity index is 1.65. The third-order valence-electron chi connectivity index (χ3n) is 4.52. The SMILES string of the molecule is COC1CCN(CC(N)c2ccc3ccccc3c2)CC1. The van der Waals surface area contributed by atoms with Crippen LogP contribution in [-0.4, -0.2) is 37.7 Å². The fourth-order valence-electron chi connectivity index (χ4n) is 3.15. The number of piperidine rings is 1. The monoisotopic (exact) mass is 284 g/mol. The average molecular weight is 284 g/mol. The molecule has 0 aliphatic carbocycles. The summed E-state index contributed by atoms with van der Waals surface area (Å²) in [5.41, 5.74) is 7.64. The number of benzene rings is 2. The van der Waals surface area contributed by atoms with E-state index in [1.54, 1.807) is 7.11 Å². The molecule has 0 bridgehead atoms. The first-order valence-electron chi connectivity index (χ1n) is 7.75. The maximum absolute atomic E-state index is 6.41. The van der Waals surface area contributed by atoms with Crippen LogP contribution in [0.15, 0.2) is 42.5 Å². The van der Waals surface area contributed by atoms with E-state index in [1.165, 1.54) is 16.3 Å². The molecule has 1 saturated heterocycles. The smallest absolute Gasteiger partial charge is 0.0595 e. The minimum atomic E-state index is 0.0775. The number of likely N-dealkylation sites (tertiary alicyclic amines) is 1. The van der Waals surface area contributed by atoms with Crippen molar-refractivity contribution < 1.29 is 4.74 Å². The van der Waals surface area contributed by atoms with Gasteiger partial charge in [-0.15, -0.1) is 0 Å². The van der Waals surface area contributed by atoms with Gasteiger partial charge in [-0.3, -0.25) is 0 Å². The van der Waals surface area contributed by atoms with E-state index in [-0.39, 0.29) is 6.04 Å². The van der Waals surface area contributed by atoms with Gasteiger partial charge in [0.15, 0.2) is 0 Å². The largest absolute Gasteiger partial charge is 0.381 e. The van der Waals surface area contributed by atoms with E-state index in [2.05, 4.69) is 47.4 Å².